The Morgan fingerprint density at radius 2 is 1.55 bits per heavy atom. The molecule has 3 aromatic carbocycles. The molecular weight excluding hydrogens is 681 g/mol. The molecule has 38 heavy (non-hydrogen) atoms. The van der Waals surface area contributed by atoms with E-state index in [1.54, 1.807) is 49.4 Å². The molecule has 0 saturated heterocycles. The van der Waals surface area contributed by atoms with Gasteiger partial charge >= 0.3 is 0 Å². The molecule has 0 saturated carbocycles. The van der Waals surface area contributed by atoms with Crippen LogP contribution in [0.2, 0.25) is 0 Å². The number of nitrogens with zero attached hydrogens (tertiary/aromatic N) is 2. The molecule has 0 heterocycles. The van der Waals surface area contributed by atoms with Gasteiger partial charge in [-0.1, -0.05) is 53.2 Å². The van der Waals surface area contributed by atoms with Crippen LogP contribution in [0.15, 0.2) is 88.2 Å². The summed E-state index contributed by atoms with van der Waals surface area (Å²) in [6.45, 7) is 5.21. The zero-order chi connectivity index (χ0) is 27.9. The van der Waals surface area contributed by atoms with Crippen molar-refractivity contribution in [2.75, 3.05) is 10.8 Å². The van der Waals surface area contributed by atoms with E-state index in [0.29, 0.717) is 5.69 Å². The van der Waals surface area contributed by atoms with Crippen LogP contribution in [0, 0.1) is 3.57 Å². The summed E-state index contributed by atoms with van der Waals surface area (Å²) in [5.41, 5.74) is 1.18. The monoisotopic (exact) mass is 711 g/mol. The summed E-state index contributed by atoms with van der Waals surface area (Å²) < 4.78 is 30.4. The van der Waals surface area contributed by atoms with E-state index in [1.807, 2.05) is 38.1 Å². The molecule has 1 N–H and O–H groups in total. The number of benzene rings is 3. The Hall–Kier alpha value is -2.44. The third-order valence-corrected chi connectivity index (χ3v) is 9.20. The number of rotatable bonds is 11. The van der Waals surface area contributed by atoms with Gasteiger partial charge in [-0.25, -0.2) is 8.42 Å². The molecule has 0 spiro atoms. The molecular formula is C28H31BrIN3O4S. The summed E-state index contributed by atoms with van der Waals surface area (Å²) in [6, 6.07) is 21.5. The third-order valence-electron chi connectivity index (χ3n) is 6.16. The first kappa shape index (κ1) is 30.1. The molecule has 0 aliphatic rings. The molecule has 3 rings (SSSR count). The lowest BCUT2D eigenvalue weighted by Gasteiger charge is -2.32. The van der Waals surface area contributed by atoms with Crippen LogP contribution in [-0.4, -0.2) is 43.8 Å². The maximum Gasteiger partial charge on any atom is 0.264 e. The van der Waals surface area contributed by atoms with Gasteiger partial charge in [-0.05, 0) is 97.0 Å². The van der Waals surface area contributed by atoms with Crippen molar-refractivity contribution in [1.29, 1.82) is 0 Å². The van der Waals surface area contributed by atoms with Crippen LogP contribution in [-0.2, 0) is 26.2 Å². The topological polar surface area (TPSA) is 86.8 Å². The normalized spacial score (nSPS) is 12.9. The third kappa shape index (κ3) is 7.79. The summed E-state index contributed by atoms with van der Waals surface area (Å²) in [5, 5.41) is 2.93. The molecule has 0 radical (unpaired) electrons. The predicted molar refractivity (Wildman–Crippen MR) is 162 cm³/mol. The molecule has 0 aromatic heterocycles. The summed E-state index contributed by atoms with van der Waals surface area (Å²) in [6.07, 6.45) is 0.745. The second kappa shape index (κ2) is 13.6. The van der Waals surface area contributed by atoms with E-state index in [1.165, 1.54) is 17.0 Å². The molecule has 10 heteroatoms. The van der Waals surface area contributed by atoms with Gasteiger partial charge in [0.25, 0.3) is 10.0 Å². The van der Waals surface area contributed by atoms with Gasteiger partial charge < -0.3 is 10.2 Å². The quantitative estimate of drug-likeness (QED) is 0.263. The minimum atomic E-state index is -4.07. The van der Waals surface area contributed by atoms with E-state index in [2.05, 4.69) is 43.8 Å². The van der Waals surface area contributed by atoms with Gasteiger partial charge in [0, 0.05) is 20.6 Å². The summed E-state index contributed by atoms with van der Waals surface area (Å²) >= 11 is 5.56. The van der Waals surface area contributed by atoms with Crippen LogP contribution in [0.3, 0.4) is 0 Å². The van der Waals surface area contributed by atoms with Gasteiger partial charge in [-0.3, -0.25) is 13.9 Å². The smallest absolute Gasteiger partial charge is 0.264 e. The van der Waals surface area contributed by atoms with Crippen LogP contribution in [0.1, 0.15) is 32.8 Å². The van der Waals surface area contributed by atoms with Crippen molar-refractivity contribution in [2.45, 2.75) is 50.7 Å². The number of halogens is 2. The molecule has 0 unspecified atom stereocenters. The Kier molecular flexibility index (Phi) is 10.8. The van der Waals surface area contributed by atoms with E-state index in [9.17, 15) is 18.0 Å². The average Bonchev–Trinajstić information content (AvgIpc) is 2.91. The van der Waals surface area contributed by atoms with Gasteiger partial charge in [0.15, 0.2) is 0 Å². The fourth-order valence-corrected chi connectivity index (χ4v) is 5.75. The Morgan fingerprint density at radius 3 is 2.13 bits per heavy atom. The van der Waals surface area contributed by atoms with Crippen molar-refractivity contribution in [2.24, 2.45) is 0 Å². The highest BCUT2D eigenvalue weighted by molar-refractivity contribution is 14.1. The van der Waals surface area contributed by atoms with Crippen molar-refractivity contribution >= 4 is 66.0 Å². The lowest BCUT2D eigenvalue weighted by atomic mass is 10.1. The van der Waals surface area contributed by atoms with Gasteiger partial charge in [0.1, 0.15) is 12.6 Å². The van der Waals surface area contributed by atoms with Crippen molar-refractivity contribution in [1.82, 2.24) is 10.2 Å². The number of amides is 2. The first-order valence-electron chi connectivity index (χ1n) is 12.2. The predicted octanol–water partition coefficient (Wildman–Crippen LogP) is 5.58. The first-order chi connectivity index (χ1) is 18.0. The minimum Gasteiger partial charge on any atom is -0.352 e. The van der Waals surface area contributed by atoms with Crippen LogP contribution in [0.25, 0.3) is 0 Å². The summed E-state index contributed by atoms with van der Waals surface area (Å²) in [7, 11) is -4.07. The molecule has 2 amide bonds. The number of carbonyl (C=O) groups excluding carboxylic acids is 2. The van der Waals surface area contributed by atoms with E-state index in [-0.39, 0.29) is 23.4 Å². The lowest BCUT2D eigenvalue weighted by Crippen LogP contribution is -2.52. The molecule has 7 nitrogen and oxygen atoms in total. The number of nitrogens with one attached hydrogen (secondary N) is 1. The Bertz CT molecular complexity index is 1340. The zero-order valence-corrected chi connectivity index (χ0v) is 26.0. The van der Waals surface area contributed by atoms with Gasteiger partial charge in [0.05, 0.1) is 10.6 Å². The SMILES string of the molecule is CC[C@H](C)NC(=O)[C@H](C)N(Cc1ccc(Br)cc1)C(=O)CN(c1ccc(I)cc1)S(=O)(=O)c1ccccc1. The van der Waals surface area contributed by atoms with E-state index < -0.39 is 28.5 Å². The minimum absolute atomic E-state index is 0.0590. The first-order valence-corrected chi connectivity index (χ1v) is 15.5. The maximum atomic E-state index is 13.9. The van der Waals surface area contributed by atoms with E-state index in [0.717, 1.165) is 24.3 Å². The van der Waals surface area contributed by atoms with Gasteiger partial charge in [-0.15, -0.1) is 0 Å². The van der Waals surface area contributed by atoms with Crippen molar-refractivity contribution in [3.63, 3.8) is 0 Å². The number of sulfonamides is 1. The lowest BCUT2D eigenvalue weighted by molar-refractivity contribution is -0.139. The molecule has 202 valence electrons. The van der Waals surface area contributed by atoms with Crippen molar-refractivity contribution < 1.29 is 18.0 Å². The number of hydrogen-bond acceptors (Lipinski definition) is 4. The molecule has 0 aliphatic heterocycles. The molecule has 0 aliphatic carbocycles. The summed E-state index contributed by atoms with van der Waals surface area (Å²) in [5.74, 6) is -0.783. The van der Waals surface area contributed by atoms with Gasteiger partial charge in [0.2, 0.25) is 11.8 Å². The van der Waals surface area contributed by atoms with Crippen LogP contribution >= 0.6 is 38.5 Å². The number of carbonyl (C=O) groups is 2. The standard InChI is InChI=1S/C28H31BrIN3O4S/c1-4-20(2)31-28(35)21(3)32(18-22-10-12-23(29)13-11-22)27(34)19-33(25-16-14-24(30)15-17-25)38(36,37)26-8-6-5-7-9-26/h5-17,20-21H,4,18-19H2,1-3H3,(H,31,35)/t20-,21-/m0/s1. The average molecular weight is 712 g/mol. The number of hydrogen-bond donors (Lipinski definition) is 1. The van der Waals surface area contributed by atoms with Crippen molar-refractivity contribution in [3.8, 4) is 0 Å². The fraction of sp³-hybridized carbons (Fsp3) is 0.286. The largest absolute Gasteiger partial charge is 0.352 e. The highest BCUT2D eigenvalue weighted by atomic mass is 127. The van der Waals surface area contributed by atoms with Crippen LogP contribution in [0.5, 0.6) is 0 Å². The number of anilines is 1. The van der Waals surface area contributed by atoms with Crippen LogP contribution in [0.4, 0.5) is 5.69 Å². The molecule has 2 atom stereocenters. The maximum absolute atomic E-state index is 13.9. The van der Waals surface area contributed by atoms with Gasteiger partial charge in [-0.2, -0.15) is 0 Å². The molecule has 0 bridgehead atoms. The Labute approximate surface area is 246 Å². The fourth-order valence-electron chi connectivity index (χ4n) is 3.69. The van der Waals surface area contributed by atoms with E-state index in [4.69, 9.17) is 0 Å². The van der Waals surface area contributed by atoms with Crippen molar-refractivity contribution in [3.05, 3.63) is 92.5 Å². The van der Waals surface area contributed by atoms with Crippen LogP contribution < -0.4 is 9.62 Å². The highest BCUT2D eigenvalue weighted by Crippen LogP contribution is 2.25. The molecule has 3 aromatic rings. The highest BCUT2D eigenvalue weighted by Gasteiger charge is 2.32. The Morgan fingerprint density at radius 1 is 0.947 bits per heavy atom. The second-order valence-electron chi connectivity index (χ2n) is 8.94. The summed E-state index contributed by atoms with van der Waals surface area (Å²) in [4.78, 5) is 28.5. The Balaban J connectivity index is 2.00. The van der Waals surface area contributed by atoms with E-state index >= 15 is 0 Å². The second-order valence-corrected chi connectivity index (χ2v) is 13.0. The zero-order valence-electron chi connectivity index (χ0n) is 21.5. The molecule has 0 fully saturated rings.